The Morgan fingerprint density at radius 3 is 3.10 bits per heavy atom. The first-order valence-corrected chi connectivity index (χ1v) is 7.13. The van der Waals surface area contributed by atoms with Crippen LogP contribution in [0, 0.1) is 0 Å². The van der Waals surface area contributed by atoms with E-state index in [1.807, 2.05) is 19.1 Å². The molecule has 3 aromatic rings. The molecule has 3 heterocycles. The Morgan fingerprint density at radius 2 is 2.25 bits per heavy atom. The smallest absolute Gasteiger partial charge is 0.258 e. The molecule has 0 N–H and O–H groups in total. The Bertz CT molecular complexity index is 796. The number of rotatable bonds is 4. The average Bonchev–Trinajstić information content (AvgIpc) is 2.93. The van der Waals surface area contributed by atoms with E-state index in [0.717, 1.165) is 10.9 Å². The molecule has 7 nitrogen and oxygen atoms in total. The zero-order valence-corrected chi connectivity index (χ0v) is 11.6. The summed E-state index contributed by atoms with van der Waals surface area (Å²) >= 11 is 1.46. The van der Waals surface area contributed by atoms with Gasteiger partial charge in [-0.1, -0.05) is 17.8 Å². The highest BCUT2D eigenvalue weighted by molar-refractivity contribution is 7.98. The third kappa shape index (κ3) is 2.42. The number of aromatic nitrogens is 6. The van der Waals surface area contributed by atoms with E-state index >= 15 is 0 Å². The average molecular weight is 288 g/mol. The van der Waals surface area contributed by atoms with Crippen LogP contribution in [0.15, 0.2) is 40.4 Å². The first-order chi connectivity index (χ1) is 9.78. The Labute approximate surface area is 118 Å². The Morgan fingerprint density at radius 1 is 1.35 bits per heavy atom. The summed E-state index contributed by atoms with van der Waals surface area (Å²) in [5, 5.41) is 12.2. The number of aryl methyl sites for hydroxylation is 1. The van der Waals surface area contributed by atoms with E-state index in [9.17, 15) is 4.79 Å². The topological polar surface area (TPSA) is 78.0 Å². The van der Waals surface area contributed by atoms with Crippen molar-refractivity contribution in [3.8, 4) is 0 Å². The molecule has 3 rings (SSSR count). The van der Waals surface area contributed by atoms with Gasteiger partial charge in [0.2, 0.25) is 5.16 Å². The van der Waals surface area contributed by atoms with Crippen molar-refractivity contribution in [2.75, 3.05) is 0 Å². The molecule has 0 aliphatic rings. The first kappa shape index (κ1) is 12.8. The maximum atomic E-state index is 12.0. The molecule has 0 saturated heterocycles. The summed E-state index contributed by atoms with van der Waals surface area (Å²) in [6.45, 7) is 2.68. The molecule has 0 fully saturated rings. The van der Waals surface area contributed by atoms with E-state index in [2.05, 4.69) is 20.5 Å². The van der Waals surface area contributed by atoms with Crippen LogP contribution in [0.1, 0.15) is 12.6 Å². The SMILES string of the molecule is CCn1nnnc1SCc1cc(=O)n2ccccc2n1. The number of hydrogen-bond acceptors (Lipinski definition) is 6. The Kier molecular flexibility index (Phi) is 3.46. The van der Waals surface area contributed by atoms with Crippen molar-refractivity contribution in [3.05, 3.63) is 46.5 Å². The molecule has 8 heteroatoms. The van der Waals surface area contributed by atoms with E-state index in [0.29, 0.717) is 17.9 Å². The lowest BCUT2D eigenvalue weighted by Gasteiger charge is -2.03. The third-order valence-electron chi connectivity index (χ3n) is 2.77. The fourth-order valence-electron chi connectivity index (χ4n) is 1.81. The third-order valence-corrected chi connectivity index (χ3v) is 3.76. The quantitative estimate of drug-likeness (QED) is 0.666. The fourth-order valence-corrected chi connectivity index (χ4v) is 2.65. The summed E-state index contributed by atoms with van der Waals surface area (Å²) in [6.07, 6.45) is 1.71. The number of pyridine rings is 1. The Hall–Kier alpha value is -2.22. The van der Waals surface area contributed by atoms with Crippen LogP contribution < -0.4 is 5.56 Å². The minimum absolute atomic E-state index is 0.0821. The maximum absolute atomic E-state index is 12.0. The molecule has 0 radical (unpaired) electrons. The summed E-state index contributed by atoms with van der Waals surface area (Å²) in [5.41, 5.74) is 1.28. The first-order valence-electron chi connectivity index (χ1n) is 6.14. The predicted octanol–water partition coefficient (Wildman–Crippen LogP) is 0.993. The molecule has 0 spiro atoms. The zero-order valence-electron chi connectivity index (χ0n) is 10.8. The lowest BCUT2D eigenvalue weighted by atomic mass is 10.4. The van der Waals surface area contributed by atoms with Crippen molar-refractivity contribution in [3.63, 3.8) is 0 Å². The van der Waals surface area contributed by atoms with Crippen molar-refractivity contribution in [1.82, 2.24) is 29.6 Å². The van der Waals surface area contributed by atoms with Crippen LogP contribution in [0.3, 0.4) is 0 Å². The molecule has 3 aromatic heterocycles. The summed E-state index contributed by atoms with van der Waals surface area (Å²) in [4.78, 5) is 16.4. The largest absolute Gasteiger partial charge is 0.269 e. The van der Waals surface area contributed by atoms with Crippen LogP contribution in [-0.4, -0.2) is 29.6 Å². The van der Waals surface area contributed by atoms with Gasteiger partial charge in [0, 0.05) is 24.6 Å². The molecule has 0 atom stereocenters. The van der Waals surface area contributed by atoms with Gasteiger partial charge in [0.15, 0.2) is 0 Å². The van der Waals surface area contributed by atoms with Gasteiger partial charge in [0.05, 0.1) is 5.69 Å². The molecular weight excluding hydrogens is 276 g/mol. The minimum atomic E-state index is -0.0821. The van der Waals surface area contributed by atoms with Gasteiger partial charge < -0.3 is 0 Å². The van der Waals surface area contributed by atoms with Crippen molar-refractivity contribution in [1.29, 1.82) is 0 Å². The van der Waals surface area contributed by atoms with E-state index < -0.39 is 0 Å². The molecule has 0 aliphatic carbocycles. The zero-order chi connectivity index (χ0) is 13.9. The second-order valence-electron chi connectivity index (χ2n) is 4.08. The van der Waals surface area contributed by atoms with E-state index in [4.69, 9.17) is 0 Å². The highest BCUT2D eigenvalue weighted by Gasteiger charge is 2.07. The number of fused-ring (bicyclic) bond motifs is 1. The van der Waals surface area contributed by atoms with Gasteiger partial charge in [-0.3, -0.25) is 9.20 Å². The lowest BCUT2D eigenvalue weighted by Crippen LogP contribution is -2.14. The summed E-state index contributed by atoms with van der Waals surface area (Å²) in [7, 11) is 0. The van der Waals surface area contributed by atoms with Crippen LogP contribution in [0.25, 0.3) is 5.65 Å². The van der Waals surface area contributed by atoms with Gasteiger partial charge in [0.25, 0.3) is 5.56 Å². The molecule has 0 bridgehead atoms. The van der Waals surface area contributed by atoms with Crippen molar-refractivity contribution >= 4 is 17.4 Å². The molecule has 0 unspecified atom stereocenters. The molecule has 0 aromatic carbocycles. The van der Waals surface area contributed by atoms with Gasteiger partial charge in [0.1, 0.15) is 5.65 Å². The van der Waals surface area contributed by atoms with Gasteiger partial charge >= 0.3 is 0 Å². The number of hydrogen-bond donors (Lipinski definition) is 0. The molecule has 0 aliphatic heterocycles. The van der Waals surface area contributed by atoms with E-state index in [1.54, 1.807) is 23.0 Å². The maximum Gasteiger partial charge on any atom is 0.258 e. The summed E-state index contributed by atoms with van der Waals surface area (Å²) < 4.78 is 3.23. The van der Waals surface area contributed by atoms with E-state index in [1.165, 1.54) is 16.2 Å². The summed E-state index contributed by atoms with van der Waals surface area (Å²) in [6, 6.07) is 7.02. The monoisotopic (exact) mass is 288 g/mol. The minimum Gasteiger partial charge on any atom is -0.269 e. The number of tetrazole rings is 1. The van der Waals surface area contributed by atoms with Crippen molar-refractivity contribution < 1.29 is 0 Å². The van der Waals surface area contributed by atoms with Gasteiger partial charge in [-0.15, -0.1) is 5.10 Å². The molecule has 102 valence electrons. The molecule has 0 amide bonds. The predicted molar refractivity (Wildman–Crippen MR) is 74.5 cm³/mol. The molecule has 20 heavy (non-hydrogen) atoms. The highest BCUT2D eigenvalue weighted by Crippen LogP contribution is 2.18. The lowest BCUT2D eigenvalue weighted by molar-refractivity contribution is 0.581. The van der Waals surface area contributed by atoms with Gasteiger partial charge in [-0.2, -0.15) is 0 Å². The molecular formula is C12H12N6OS. The number of thioether (sulfide) groups is 1. The van der Waals surface area contributed by atoms with Gasteiger partial charge in [-0.25, -0.2) is 9.67 Å². The van der Waals surface area contributed by atoms with Crippen molar-refractivity contribution in [2.24, 2.45) is 0 Å². The molecule has 0 saturated carbocycles. The number of nitrogens with zero attached hydrogens (tertiary/aromatic N) is 6. The van der Waals surface area contributed by atoms with Crippen LogP contribution in [0.4, 0.5) is 0 Å². The Balaban J connectivity index is 1.86. The normalized spacial score (nSPS) is 11.1. The van der Waals surface area contributed by atoms with Crippen LogP contribution in [-0.2, 0) is 12.3 Å². The van der Waals surface area contributed by atoms with Gasteiger partial charge in [-0.05, 0) is 29.5 Å². The van der Waals surface area contributed by atoms with Crippen LogP contribution in [0.2, 0.25) is 0 Å². The van der Waals surface area contributed by atoms with Crippen LogP contribution >= 0.6 is 11.8 Å². The second kappa shape index (κ2) is 5.41. The van der Waals surface area contributed by atoms with Crippen molar-refractivity contribution in [2.45, 2.75) is 24.4 Å². The summed E-state index contributed by atoms with van der Waals surface area (Å²) in [5.74, 6) is 0.557. The standard InChI is InChI=1S/C12H12N6OS/c1-2-18-12(14-15-16-18)20-8-9-7-11(19)17-6-4-3-5-10(17)13-9/h3-7H,2,8H2,1H3. The highest BCUT2D eigenvalue weighted by atomic mass is 32.2. The fraction of sp³-hybridized carbons (Fsp3) is 0.250. The van der Waals surface area contributed by atoms with E-state index in [-0.39, 0.29) is 5.56 Å². The second-order valence-corrected chi connectivity index (χ2v) is 5.02. The van der Waals surface area contributed by atoms with Crippen LogP contribution in [0.5, 0.6) is 0 Å².